The first-order valence-electron chi connectivity index (χ1n) is 9.42. The Labute approximate surface area is 158 Å². The number of nitrogens with zero attached hydrogens (tertiary/aromatic N) is 4. The van der Waals surface area contributed by atoms with Gasteiger partial charge in [-0.05, 0) is 25.0 Å². The molecule has 0 atom stereocenters. The summed E-state index contributed by atoms with van der Waals surface area (Å²) in [6.07, 6.45) is 1.83. The summed E-state index contributed by atoms with van der Waals surface area (Å²) in [7, 11) is 1.61. The average Bonchev–Trinajstić information content (AvgIpc) is 3.16. The highest BCUT2D eigenvalue weighted by molar-refractivity contribution is 5.77. The quantitative estimate of drug-likeness (QED) is 0.850. The number of nitrogens with one attached hydrogen (secondary N) is 1. The van der Waals surface area contributed by atoms with E-state index in [-0.39, 0.29) is 12.5 Å². The maximum absolute atomic E-state index is 12.5. The van der Waals surface area contributed by atoms with Crippen LogP contribution in [0.25, 0.3) is 0 Å². The smallest absolute Gasteiger partial charge is 0.260 e. The minimum Gasteiger partial charge on any atom is -0.497 e. The van der Waals surface area contributed by atoms with E-state index in [1.54, 1.807) is 13.2 Å². The fraction of sp³-hybridized carbons (Fsp3) is 0.526. The van der Waals surface area contributed by atoms with Gasteiger partial charge in [0.15, 0.2) is 6.61 Å². The maximum Gasteiger partial charge on any atom is 0.260 e. The zero-order valence-electron chi connectivity index (χ0n) is 15.6. The Balaban J connectivity index is 1.30. The highest BCUT2D eigenvalue weighted by Gasteiger charge is 2.28. The van der Waals surface area contributed by atoms with Crippen LogP contribution in [0.1, 0.15) is 30.4 Å². The minimum absolute atomic E-state index is 0.0174. The molecule has 1 aromatic carbocycles. The Morgan fingerprint density at radius 2 is 2.04 bits per heavy atom. The standard InChI is InChI=1S/C19H25N5O3/c1-26-15-3-2-4-16(11-15)27-13-18(25)23-8-5-14(6-9-23)19-22-21-17-12-20-7-10-24(17)19/h2-4,11,14,20H,5-10,12-13H2,1H3. The van der Waals surface area contributed by atoms with Gasteiger partial charge in [-0.3, -0.25) is 4.79 Å². The van der Waals surface area contributed by atoms with Crippen LogP contribution >= 0.6 is 0 Å². The van der Waals surface area contributed by atoms with Gasteiger partial charge in [-0.15, -0.1) is 10.2 Å². The molecule has 2 aliphatic rings. The van der Waals surface area contributed by atoms with Gasteiger partial charge in [0, 0.05) is 38.2 Å². The summed E-state index contributed by atoms with van der Waals surface area (Å²) in [5.74, 6) is 3.83. The summed E-state index contributed by atoms with van der Waals surface area (Å²) < 4.78 is 13.0. The average molecular weight is 371 g/mol. The number of fused-ring (bicyclic) bond motifs is 1. The lowest BCUT2D eigenvalue weighted by Gasteiger charge is -2.32. The molecular formula is C19H25N5O3. The zero-order chi connectivity index (χ0) is 18.6. The summed E-state index contributed by atoms with van der Waals surface area (Å²) in [5.41, 5.74) is 0. The van der Waals surface area contributed by atoms with Crippen molar-refractivity contribution in [2.45, 2.75) is 31.8 Å². The number of hydrogen-bond acceptors (Lipinski definition) is 6. The maximum atomic E-state index is 12.5. The van der Waals surface area contributed by atoms with Gasteiger partial charge in [0.2, 0.25) is 0 Å². The van der Waals surface area contributed by atoms with Crippen molar-refractivity contribution in [2.75, 3.05) is 33.4 Å². The molecule has 1 fully saturated rings. The van der Waals surface area contributed by atoms with E-state index in [1.165, 1.54) is 0 Å². The molecule has 1 amide bonds. The lowest BCUT2D eigenvalue weighted by molar-refractivity contribution is -0.134. The number of carbonyl (C=O) groups excluding carboxylic acids is 1. The number of benzene rings is 1. The van der Waals surface area contributed by atoms with Gasteiger partial charge < -0.3 is 24.3 Å². The van der Waals surface area contributed by atoms with Gasteiger partial charge in [-0.25, -0.2) is 0 Å². The molecule has 3 heterocycles. The van der Waals surface area contributed by atoms with E-state index in [9.17, 15) is 4.79 Å². The van der Waals surface area contributed by atoms with Crippen LogP contribution in [0.2, 0.25) is 0 Å². The van der Waals surface area contributed by atoms with Crippen LogP contribution in [-0.4, -0.2) is 58.9 Å². The predicted molar refractivity (Wildman–Crippen MR) is 98.8 cm³/mol. The summed E-state index contributed by atoms with van der Waals surface area (Å²) in [5, 5.41) is 12.0. The molecule has 1 N–H and O–H groups in total. The second kappa shape index (κ2) is 7.96. The van der Waals surface area contributed by atoms with E-state index in [4.69, 9.17) is 9.47 Å². The number of methoxy groups -OCH3 is 1. The number of rotatable bonds is 5. The number of carbonyl (C=O) groups is 1. The van der Waals surface area contributed by atoms with E-state index in [0.29, 0.717) is 17.4 Å². The lowest BCUT2D eigenvalue weighted by Crippen LogP contribution is -2.41. The predicted octanol–water partition coefficient (Wildman–Crippen LogP) is 1.17. The molecule has 1 aromatic heterocycles. The van der Waals surface area contributed by atoms with E-state index < -0.39 is 0 Å². The molecular weight excluding hydrogens is 346 g/mol. The van der Waals surface area contributed by atoms with Crippen LogP contribution in [-0.2, 0) is 17.9 Å². The van der Waals surface area contributed by atoms with Crippen LogP contribution in [0.3, 0.4) is 0 Å². The molecule has 27 heavy (non-hydrogen) atoms. The minimum atomic E-state index is 0.0174. The largest absolute Gasteiger partial charge is 0.497 e. The van der Waals surface area contributed by atoms with Crippen molar-refractivity contribution in [3.05, 3.63) is 35.9 Å². The number of hydrogen-bond donors (Lipinski definition) is 1. The number of ether oxygens (including phenoxy) is 2. The normalized spacial score (nSPS) is 17.4. The molecule has 0 aliphatic carbocycles. The van der Waals surface area contributed by atoms with Crippen LogP contribution in [0.15, 0.2) is 24.3 Å². The van der Waals surface area contributed by atoms with Gasteiger partial charge in [0.25, 0.3) is 5.91 Å². The van der Waals surface area contributed by atoms with Crippen molar-refractivity contribution >= 4 is 5.91 Å². The van der Waals surface area contributed by atoms with Crippen molar-refractivity contribution in [3.63, 3.8) is 0 Å². The molecule has 0 unspecified atom stereocenters. The first-order chi connectivity index (χ1) is 13.2. The van der Waals surface area contributed by atoms with Crippen LogP contribution in [0, 0.1) is 0 Å². The molecule has 1 saturated heterocycles. The van der Waals surface area contributed by atoms with Crippen molar-refractivity contribution in [1.29, 1.82) is 0 Å². The third-order valence-corrected chi connectivity index (χ3v) is 5.27. The van der Waals surface area contributed by atoms with E-state index in [0.717, 1.165) is 57.2 Å². The van der Waals surface area contributed by atoms with Crippen LogP contribution < -0.4 is 14.8 Å². The van der Waals surface area contributed by atoms with Gasteiger partial charge in [-0.2, -0.15) is 0 Å². The Bertz CT molecular complexity index is 798. The van der Waals surface area contributed by atoms with E-state index >= 15 is 0 Å². The van der Waals surface area contributed by atoms with Gasteiger partial charge >= 0.3 is 0 Å². The fourth-order valence-electron chi connectivity index (χ4n) is 3.73. The highest BCUT2D eigenvalue weighted by Crippen LogP contribution is 2.28. The molecule has 8 heteroatoms. The topological polar surface area (TPSA) is 81.5 Å². The molecule has 8 nitrogen and oxygen atoms in total. The first-order valence-corrected chi connectivity index (χ1v) is 9.42. The Morgan fingerprint density at radius 1 is 1.22 bits per heavy atom. The van der Waals surface area contributed by atoms with Crippen LogP contribution in [0.5, 0.6) is 11.5 Å². The van der Waals surface area contributed by atoms with Gasteiger partial charge in [0.1, 0.15) is 23.1 Å². The molecule has 2 aliphatic heterocycles. The second-order valence-electron chi connectivity index (χ2n) is 6.93. The number of piperidine rings is 1. The molecule has 144 valence electrons. The second-order valence-corrected chi connectivity index (χ2v) is 6.93. The lowest BCUT2D eigenvalue weighted by atomic mass is 9.95. The van der Waals surface area contributed by atoms with Gasteiger partial charge in [-0.1, -0.05) is 6.07 Å². The molecule has 0 bridgehead atoms. The fourth-order valence-corrected chi connectivity index (χ4v) is 3.73. The van der Waals surface area contributed by atoms with E-state index in [2.05, 4.69) is 20.1 Å². The number of likely N-dealkylation sites (tertiary alicyclic amines) is 1. The monoisotopic (exact) mass is 371 g/mol. The Hall–Kier alpha value is -2.61. The Morgan fingerprint density at radius 3 is 2.85 bits per heavy atom. The van der Waals surface area contributed by atoms with Crippen molar-refractivity contribution in [2.24, 2.45) is 0 Å². The molecule has 2 aromatic rings. The summed E-state index contributed by atoms with van der Waals surface area (Å²) in [6, 6.07) is 7.30. The molecule has 0 radical (unpaired) electrons. The molecule has 4 rings (SSSR count). The third-order valence-electron chi connectivity index (χ3n) is 5.27. The first kappa shape index (κ1) is 17.8. The summed E-state index contributed by atoms with van der Waals surface area (Å²) in [6.45, 7) is 4.16. The Kier molecular flexibility index (Phi) is 5.24. The van der Waals surface area contributed by atoms with E-state index in [1.807, 2.05) is 23.1 Å². The highest BCUT2D eigenvalue weighted by atomic mass is 16.5. The number of aromatic nitrogens is 3. The van der Waals surface area contributed by atoms with Crippen molar-refractivity contribution in [3.8, 4) is 11.5 Å². The zero-order valence-corrected chi connectivity index (χ0v) is 15.6. The molecule has 0 saturated carbocycles. The number of amides is 1. The third kappa shape index (κ3) is 3.90. The SMILES string of the molecule is COc1cccc(OCC(=O)N2CCC(c3nnc4n3CCNC4)CC2)c1. The van der Waals surface area contributed by atoms with Crippen LogP contribution in [0.4, 0.5) is 0 Å². The van der Waals surface area contributed by atoms with Gasteiger partial charge in [0.05, 0.1) is 13.7 Å². The van der Waals surface area contributed by atoms with Crippen molar-refractivity contribution in [1.82, 2.24) is 25.0 Å². The van der Waals surface area contributed by atoms with Crippen molar-refractivity contribution < 1.29 is 14.3 Å². The molecule has 0 spiro atoms. The summed E-state index contributed by atoms with van der Waals surface area (Å²) in [4.78, 5) is 14.4. The summed E-state index contributed by atoms with van der Waals surface area (Å²) >= 11 is 0.